The van der Waals surface area contributed by atoms with Crippen molar-refractivity contribution < 1.29 is 9.59 Å². The molecule has 2 aromatic carbocycles. The van der Waals surface area contributed by atoms with Gasteiger partial charge in [0.15, 0.2) is 0 Å². The highest BCUT2D eigenvalue weighted by atomic mass is 16.2. The number of nitrogens with one attached hydrogen (secondary N) is 1. The van der Waals surface area contributed by atoms with Crippen LogP contribution in [0.3, 0.4) is 0 Å². The van der Waals surface area contributed by atoms with Crippen molar-refractivity contribution in [2.75, 3.05) is 0 Å². The fourth-order valence-corrected chi connectivity index (χ4v) is 5.69. The van der Waals surface area contributed by atoms with E-state index in [1.54, 1.807) is 4.90 Å². The molecule has 36 heavy (non-hydrogen) atoms. The summed E-state index contributed by atoms with van der Waals surface area (Å²) in [6.07, 6.45) is 5.24. The molecule has 5 rings (SSSR count). The van der Waals surface area contributed by atoms with Crippen LogP contribution in [-0.4, -0.2) is 32.9 Å². The fraction of sp³-hybridized carbons (Fsp3) is 0.419. The summed E-state index contributed by atoms with van der Waals surface area (Å²) >= 11 is 0. The molecule has 0 saturated heterocycles. The highest BCUT2D eigenvalue weighted by Gasteiger charge is 2.48. The van der Waals surface area contributed by atoms with E-state index in [1.165, 1.54) is 5.56 Å². The average Bonchev–Trinajstić information content (AvgIpc) is 3.32. The summed E-state index contributed by atoms with van der Waals surface area (Å²) in [4.78, 5) is 29.7. The van der Waals surface area contributed by atoms with Crippen LogP contribution in [0.4, 0.5) is 0 Å². The van der Waals surface area contributed by atoms with Crippen LogP contribution in [0, 0.1) is 5.92 Å². The molecule has 0 spiro atoms. The van der Waals surface area contributed by atoms with Crippen molar-refractivity contribution in [3.05, 3.63) is 83.6 Å². The molecule has 188 valence electrons. The molecule has 5 heteroatoms. The fourth-order valence-electron chi connectivity index (χ4n) is 5.69. The molecule has 2 heterocycles. The molecule has 1 aliphatic heterocycles. The number of aromatic nitrogens is 1. The smallest absolute Gasteiger partial charge is 0.271 e. The van der Waals surface area contributed by atoms with Crippen molar-refractivity contribution in [1.82, 2.24) is 14.8 Å². The molecule has 3 aromatic rings. The van der Waals surface area contributed by atoms with Gasteiger partial charge in [0.25, 0.3) is 5.91 Å². The van der Waals surface area contributed by atoms with E-state index in [4.69, 9.17) is 0 Å². The first-order chi connectivity index (χ1) is 17.4. The Bertz CT molecular complexity index is 1220. The summed E-state index contributed by atoms with van der Waals surface area (Å²) in [5.41, 5.74) is 3.95. The molecule has 5 nitrogen and oxygen atoms in total. The summed E-state index contributed by atoms with van der Waals surface area (Å²) in [7, 11) is 0. The van der Waals surface area contributed by atoms with Crippen LogP contribution in [0.2, 0.25) is 0 Å². The molecule has 1 aliphatic carbocycles. The van der Waals surface area contributed by atoms with Crippen molar-refractivity contribution in [3.63, 3.8) is 0 Å². The molecule has 0 unspecified atom stereocenters. The van der Waals surface area contributed by atoms with E-state index in [-0.39, 0.29) is 17.9 Å². The maximum atomic E-state index is 14.0. The lowest BCUT2D eigenvalue weighted by Gasteiger charge is -2.45. The van der Waals surface area contributed by atoms with Gasteiger partial charge < -0.3 is 14.8 Å². The second-order valence-electron chi connectivity index (χ2n) is 10.8. The zero-order chi connectivity index (χ0) is 25.3. The average molecular weight is 484 g/mol. The lowest BCUT2D eigenvalue weighted by molar-refractivity contribution is -0.134. The lowest BCUT2D eigenvalue weighted by atomic mass is 9.86. The van der Waals surface area contributed by atoms with Crippen molar-refractivity contribution in [2.45, 2.75) is 77.5 Å². The van der Waals surface area contributed by atoms with E-state index in [2.05, 4.69) is 55.6 Å². The number of carbonyl (C=O) groups is 2. The molecular weight excluding hydrogens is 446 g/mol. The molecule has 1 fully saturated rings. The predicted octanol–water partition coefficient (Wildman–Crippen LogP) is 5.83. The van der Waals surface area contributed by atoms with Crippen molar-refractivity contribution >= 4 is 11.8 Å². The van der Waals surface area contributed by atoms with Crippen LogP contribution < -0.4 is 5.32 Å². The molecule has 0 radical (unpaired) electrons. The maximum Gasteiger partial charge on any atom is 0.271 e. The van der Waals surface area contributed by atoms with Gasteiger partial charge in [-0.2, -0.15) is 0 Å². The molecule has 1 atom stereocenters. The molecule has 1 aromatic heterocycles. The van der Waals surface area contributed by atoms with Gasteiger partial charge in [0.05, 0.1) is 6.54 Å². The summed E-state index contributed by atoms with van der Waals surface area (Å²) in [5, 5.41) is 3.34. The van der Waals surface area contributed by atoms with Gasteiger partial charge in [-0.25, -0.2) is 0 Å². The van der Waals surface area contributed by atoms with E-state index >= 15 is 0 Å². The normalized spacial score (nSPS) is 23.9. The standard InChI is InChI=1S/C31H37N3O2/c1-4-23-12-14-24(15-13-23)20-34-29(35)28-19-18-27(25-8-6-5-7-9-25)33(28)21-31(34,3)30(36)32-26-16-10-22(2)11-17-26/h5-9,12-15,18-19,22,26H,4,10-11,16-17,20-21H2,1-3H3,(H,32,36)/t22?,26?,31-/m0/s1. The summed E-state index contributed by atoms with van der Waals surface area (Å²) in [6.45, 7) is 7.18. The predicted molar refractivity (Wildman–Crippen MR) is 144 cm³/mol. The first-order valence-electron chi connectivity index (χ1n) is 13.3. The molecule has 2 amide bonds. The number of hydrogen-bond acceptors (Lipinski definition) is 2. The number of rotatable bonds is 6. The Balaban J connectivity index is 1.50. The Morgan fingerprint density at radius 3 is 2.22 bits per heavy atom. The molecule has 1 saturated carbocycles. The van der Waals surface area contributed by atoms with E-state index in [9.17, 15) is 9.59 Å². The first kappa shape index (κ1) is 24.4. The van der Waals surface area contributed by atoms with Crippen LogP contribution in [0.1, 0.15) is 68.1 Å². The third-order valence-corrected chi connectivity index (χ3v) is 8.19. The Morgan fingerprint density at radius 1 is 0.917 bits per heavy atom. The van der Waals surface area contributed by atoms with Gasteiger partial charge >= 0.3 is 0 Å². The van der Waals surface area contributed by atoms with Crippen LogP contribution in [0.25, 0.3) is 11.3 Å². The van der Waals surface area contributed by atoms with E-state index < -0.39 is 5.54 Å². The van der Waals surface area contributed by atoms with Gasteiger partial charge in [0, 0.05) is 18.3 Å². The van der Waals surface area contributed by atoms with Crippen LogP contribution >= 0.6 is 0 Å². The van der Waals surface area contributed by atoms with E-state index in [0.717, 1.165) is 48.9 Å². The highest BCUT2D eigenvalue weighted by Crippen LogP contribution is 2.35. The van der Waals surface area contributed by atoms with Gasteiger partial charge in [0.1, 0.15) is 11.2 Å². The Kier molecular flexibility index (Phi) is 6.74. The second-order valence-corrected chi connectivity index (χ2v) is 10.8. The van der Waals surface area contributed by atoms with Gasteiger partial charge in [-0.1, -0.05) is 68.4 Å². The molecule has 1 N–H and O–H groups in total. The van der Waals surface area contributed by atoms with Gasteiger partial charge in [0.2, 0.25) is 5.91 Å². The maximum absolute atomic E-state index is 14.0. The van der Waals surface area contributed by atoms with Crippen LogP contribution in [0.5, 0.6) is 0 Å². The van der Waals surface area contributed by atoms with E-state index in [1.807, 2.05) is 41.8 Å². The Morgan fingerprint density at radius 2 is 1.56 bits per heavy atom. The van der Waals surface area contributed by atoms with Crippen LogP contribution in [0.15, 0.2) is 66.7 Å². The van der Waals surface area contributed by atoms with Gasteiger partial charge in [-0.3, -0.25) is 9.59 Å². The zero-order valence-corrected chi connectivity index (χ0v) is 21.7. The number of carbonyl (C=O) groups excluding carboxylic acids is 2. The molecule has 0 bridgehead atoms. The van der Waals surface area contributed by atoms with E-state index in [0.29, 0.717) is 24.7 Å². The Labute approximate surface area is 214 Å². The minimum atomic E-state index is -1.00. The quantitative estimate of drug-likeness (QED) is 0.480. The summed E-state index contributed by atoms with van der Waals surface area (Å²) < 4.78 is 2.04. The van der Waals surface area contributed by atoms with Gasteiger partial charge in [-0.05, 0) is 73.8 Å². The first-order valence-corrected chi connectivity index (χ1v) is 13.3. The second kappa shape index (κ2) is 9.96. The number of nitrogens with zero attached hydrogens (tertiary/aromatic N) is 2. The number of hydrogen-bond donors (Lipinski definition) is 1. The molecule has 2 aliphatic rings. The number of fused-ring (bicyclic) bond motifs is 1. The minimum Gasteiger partial charge on any atom is -0.351 e. The Hall–Kier alpha value is -3.34. The summed E-state index contributed by atoms with van der Waals surface area (Å²) in [6, 6.07) is 22.6. The van der Waals surface area contributed by atoms with Crippen molar-refractivity contribution in [1.29, 1.82) is 0 Å². The van der Waals surface area contributed by atoms with Crippen LogP contribution in [-0.2, 0) is 24.3 Å². The third kappa shape index (κ3) is 4.59. The SMILES string of the molecule is CCc1ccc(CN2C(=O)c3ccc(-c4ccccc4)n3C[C@@]2(C)C(=O)NC2CCC(C)CC2)cc1. The zero-order valence-electron chi connectivity index (χ0n) is 21.7. The van der Waals surface area contributed by atoms with Crippen molar-refractivity contribution in [3.8, 4) is 11.3 Å². The lowest BCUT2D eigenvalue weighted by Crippen LogP contribution is -2.64. The third-order valence-electron chi connectivity index (χ3n) is 8.19. The van der Waals surface area contributed by atoms with Gasteiger partial charge in [-0.15, -0.1) is 0 Å². The largest absolute Gasteiger partial charge is 0.351 e. The minimum absolute atomic E-state index is 0.0565. The monoisotopic (exact) mass is 483 g/mol. The highest BCUT2D eigenvalue weighted by molar-refractivity contribution is 6.00. The number of aryl methyl sites for hydroxylation is 1. The topological polar surface area (TPSA) is 54.3 Å². The molecular formula is C31H37N3O2. The number of amides is 2. The summed E-state index contributed by atoms with van der Waals surface area (Å²) in [5.74, 6) is 0.556. The number of benzene rings is 2. The van der Waals surface area contributed by atoms with Crippen molar-refractivity contribution in [2.24, 2.45) is 5.92 Å².